The minimum atomic E-state index is 0.00160. The van der Waals surface area contributed by atoms with Gasteiger partial charge in [-0.05, 0) is 47.9 Å². The van der Waals surface area contributed by atoms with E-state index < -0.39 is 0 Å². The fraction of sp³-hybridized carbons (Fsp3) is 0.278. The molecule has 2 aromatic rings. The number of thioether (sulfide) groups is 1. The highest BCUT2D eigenvalue weighted by atomic mass is 32.2. The maximum atomic E-state index is 12.0. The van der Waals surface area contributed by atoms with Crippen LogP contribution in [-0.4, -0.2) is 18.8 Å². The molecule has 0 heterocycles. The average molecular weight is 315 g/mol. The van der Waals surface area contributed by atoms with Gasteiger partial charge in [-0.25, -0.2) is 0 Å². The van der Waals surface area contributed by atoms with Crippen molar-refractivity contribution in [3.63, 3.8) is 0 Å². The van der Waals surface area contributed by atoms with Crippen LogP contribution in [-0.2, 0) is 4.79 Å². The summed E-state index contributed by atoms with van der Waals surface area (Å²) in [5, 5.41) is 2.95. The molecule has 0 aliphatic heterocycles. The zero-order valence-electron chi connectivity index (χ0n) is 13.1. The standard InChI is InChI=1S/C18H21NO2S/c1-13(2)14-5-4-6-15(11-14)19-18(20)12-22-17-9-7-16(21-3)8-10-17/h4-11,13H,12H2,1-3H3,(H,19,20). The third-order valence-corrected chi connectivity index (χ3v) is 4.28. The number of rotatable bonds is 6. The molecule has 2 rings (SSSR count). The maximum Gasteiger partial charge on any atom is 0.234 e. The fourth-order valence-corrected chi connectivity index (χ4v) is 2.69. The maximum absolute atomic E-state index is 12.0. The van der Waals surface area contributed by atoms with Crippen LogP contribution in [0.25, 0.3) is 0 Å². The molecule has 3 nitrogen and oxygen atoms in total. The average Bonchev–Trinajstić information content (AvgIpc) is 2.53. The van der Waals surface area contributed by atoms with Crippen molar-refractivity contribution in [3.8, 4) is 5.75 Å². The first-order valence-electron chi connectivity index (χ1n) is 7.25. The molecule has 0 saturated carbocycles. The summed E-state index contributed by atoms with van der Waals surface area (Å²) in [5.41, 5.74) is 2.08. The molecule has 0 aromatic heterocycles. The quantitative estimate of drug-likeness (QED) is 0.795. The van der Waals surface area contributed by atoms with Gasteiger partial charge in [0, 0.05) is 10.6 Å². The Bertz CT molecular complexity index is 623. The largest absolute Gasteiger partial charge is 0.497 e. The van der Waals surface area contributed by atoms with Crippen LogP contribution in [0.1, 0.15) is 25.3 Å². The monoisotopic (exact) mass is 315 g/mol. The summed E-state index contributed by atoms with van der Waals surface area (Å²) in [6.07, 6.45) is 0. The van der Waals surface area contributed by atoms with Crippen LogP contribution in [0.3, 0.4) is 0 Å². The van der Waals surface area contributed by atoms with Crippen molar-refractivity contribution >= 4 is 23.4 Å². The number of hydrogen-bond acceptors (Lipinski definition) is 3. The number of benzene rings is 2. The second-order valence-electron chi connectivity index (χ2n) is 5.29. The SMILES string of the molecule is COc1ccc(SCC(=O)Nc2cccc(C(C)C)c2)cc1. The van der Waals surface area contributed by atoms with Crippen molar-refractivity contribution < 1.29 is 9.53 Å². The topological polar surface area (TPSA) is 38.3 Å². The number of amides is 1. The minimum absolute atomic E-state index is 0.00160. The van der Waals surface area contributed by atoms with E-state index in [1.54, 1.807) is 7.11 Å². The lowest BCUT2D eigenvalue weighted by atomic mass is 10.0. The summed E-state index contributed by atoms with van der Waals surface area (Å²) in [5.74, 6) is 1.66. The molecule has 0 fully saturated rings. The highest BCUT2D eigenvalue weighted by Crippen LogP contribution is 2.22. The lowest BCUT2D eigenvalue weighted by molar-refractivity contribution is -0.113. The summed E-state index contributed by atoms with van der Waals surface area (Å²) < 4.78 is 5.12. The number of anilines is 1. The van der Waals surface area contributed by atoms with Gasteiger partial charge in [0.1, 0.15) is 5.75 Å². The molecular formula is C18H21NO2S. The second-order valence-corrected chi connectivity index (χ2v) is 6.34. The number of ether oxygens (including phenoxy) is 1. The van der Waals surface area contributed by atoms with E-state index in [9.17, 15) is 4.79 Å². The molecule has 0 bridgehead atoms. The van der Waals surface area contributed by atoms with Crippen molar-refractivity contribution in [2.45, 2.75) is 24.7 Å². The van der Waals surface area contributed by atoms with Gasteiger partial charge in [0.2, 0.25) is 5.91 Å². The summed E-state index contributed by atoms with van der Waals surface area (Å²) in [6.45, 7) is 4.28. The van der Waals surface area contributed by atoms with Crippen molar-refractivity contribution in [3.05, 3.63) is 54.1 Å². The van der Waals surface area contributed by atoms with E-state index >= 15 is 0 Å². The number of carbonyl (C=O) groups excluding carboxylic acids is 1. The van der Waals surface area contributed by atoms with Gasteiger partial charge in [-0.1, -0.05) is 26.0 Å². The molecule has 0 spiro atoms. The lowest BCUT2D eigenvalue weighted by Gasteiger charge is -2.09. The fourth-order valence-electron chi connectivity index (χ4n) is 1.99. The van der Waals surface area contributed by atoms with Gasteiger partial charge in [0.25, 0.3) is 0 Å². The van der Waals surface area contributed by atoms with Crippen LogP contribution in [0.4, 0.5) is 5.69 Å². The molecular weight excluding hydrogens is 294 g/mol. The second kappa shape index (κ2) is 7.90. The lowest BCUT2D eigenvalue weighted by Crippen LogP contribution is -2.14. The zero-order chi connectivity index (χ0) is 15.9. The van der Waals surface area contributed by atoms with Crippen LogP contribution in [0.15, 0.2) is 53.4 Å². The Morgan fingerprint density at radius 3 is 2.55 bits per heavy atom. The zero-order valence-corrected chi connectivity index (χ0v) is 13.9. The van der Waals surface area contributed by atoms with E-state index in [-0.39, 0.29) is 5.91 Å². The molecule has 1 amide bonds. The van der Waals surface area contributed by atoms with Crippen LogP contribution in [0.5, 0.6) is 5.75 Å². The van der Waals surface area contributed by atoms with Gasteiger partial charge >= 0.3 is 0 Å². The Balaban J connectivity index is 1.88. The van der Waals surface area contributed by atoms with Gasteiger partial charge in [0.05, 0.1) is 12.9 Å². The normalized spacial score (nSPS) is 10.5. The van der Waals surface area contributed by atoms with E-state index in [4.69, 9.17) is 4.74 Å². The van der Waals surface area contributed by atoms with Crippen molar-refractivity contribution in [1.29, 1.82) is 0 Å². The van der Waals surface area contributed by atoms with Crippen molar-refractivity contribution in [2.24, 2.45) is 0 Å². The molecule has 116 valence electrons. The predicted molar refractivity (Wildman–Crippen MR) is 92.9 cm³/mol. The number of methoxy groups -OCH3 is 1. The van der Waals surface area contributed by atoms with Gasteiger partial charge in [-0.2, -0.15) is 0 Å². The Morgan fingerprint density at radius 2 is 1.91 bits per heavy atom. The van der Waals surface area contributed by atoms with Crippen molar-refractivity contribution in [1.82, 2.24) is 0 Å². The Morgan fingerprint density at radius 1 is 1.18 bits per heavy atom. The molecule has 1 N–H and O–H groups in total. The Kier molecular flexibility index (Phi) is 5.90. The van der Waals surface area contributed by atoms with E-state index in [0.29, 0.717) is 11.7 Å². The summed E-state index contributed by atoms with van der Waals surface area (Å²) in [4.78, 5) is 13.1. The van der Waals surface area contributed by atoms with Crippen LogP contribution >= 0.6 is 11.8 Å². The predicted octanol–water partition coefficient (Wildman–Crippen LogP) is 4.55. The van der Waals surface area contributed by atoms with Gasteiger partial charge in [-0.3, -0.25) is 4.79 Å². The third kappa shape index (κ3) is 4.81. The minimum Gasteiger partial charge on any atom is -0.497 e. The van der Waals surface area contributed by atoms with E-state index in [2.05, 4.69) is 25.2 Å². The molecule has 4 heteroatoms. The Labute approximate surface area is 136 Å². The molecule has 0 atom stereocenters. The number of nitrogens with one attached hydrogen (secondary N) is 1. The summed E-state index contributed by atoms with van der Waals surface area (Å²) in [7, 11) is 1.64. The Hall–Kier alpha value is -1.94. The third-order valence-electron chi connectivity index (χ3n) is 3.27. The molecule has 0 saturated heterocycles. The highest BCUT2D eigenvalue weighted by molar-refractivity contribution is 8.00. The molecule has 2 aromatic carbocycles. The molecule has 0 unspecified atom stereocenters. The number of carbonyl (C=O) groups is 1. The smallest absolute Gasteiger partial charge is 0.234 e. The van der Waals surface area contributed by atoms with Crippen LogP contribution < -0.4 is 10.1 Å². The molecule has 0 radical (unpaired) electrons. The van der Waals surface area contributed by atoms with Crippen molar-refractivity contribution in [2.75, 3.05) is 18.2 Å². The first kappa shape index (κ1) is 16.4. The first-order valence-corrected chi connectivity index (χ1v) is 8.23. The highest BCUT2D eigenvalue weighted by Gasteiger charge is 2.06. The summed E-state index contributed by atoms with van der Waals surface area (Å²) in [6, 6.07) is 15.7. The van der Waals surface area contributed by atoms with Crippen LogP contribution in [0.2, 0.25) is 0 Å². The van der Waals surface area contributed by atoms with Gasteiger partial charge in [-0.15, -0.1) is 11.8 Å². The van der Waals surface area contributed by atoms with Gasteiger partial charge in [0.15, 0.2) is 0 Å². The van der Waals surface area contributed by atoms with E-state index in [1.165, 1.54) is 17.3 Å². The van der Waals surface area contributed by atoms with Gasteiger partial charge < -0.3 is 10.1 Å². The van der Waals surface area contributed by atoms with E-state index in [1.807, 2.05) is 42.5 Å². The summed E-state index contributed by atoms with van der Waals surface area (Å²) >= 11 is 1.51. The molecule has 0 aliphatic carbocycles. The molecule has 22 heavy (non-hydrogen) atoms. The van der Waals surface area contributed by atoms with E-state index in [0.717, 1.165) is 16.3 Å². The first-order chi connectivity index (χ1) is 10.6. The van der Waals surface area contributed by atoms with Crippen LogP contribution in [0, 0.1) is 0 Å². The number of hydrogen-bond donors (Lipinski definition) is 1. The molecule has 0 aliphatic rings.